The lowest BCUT2D eigenvalue weighted by Crippen LogP contribution is -2.26. The molecule has 3 heterocycles. The van der Waals surface area contributed by atoms with Crippen LogP contribution in [0.1, 0.15) is 6.42 Å². The van der Waals surface area contributed by atoms with Gasteiger partial charge in [0.05, 0.1) is 11.6 Å². The summed E-state index contributed by atoms with van der Waals surface area (Å²) in [6.45, 7) is 1.86. The maximum absolute atomic E-state index is 6.01. The molecule has 0 amide bonds. The van der Waals surface area contributed by atoms with Crippen molar-refractivity contribution in [1.29, 1.82) is 0 Å². The van der Waals surface area contributed by atoms with Crippen LogP contribution in [0, 0.1) is 0 Å². The third-order valence-corrected chi connectivity index (χ3v) is 4.59. The minimum Gasteiger partial charge on any atom is -0.383 e. The maximum atomic E-state index is 6.01. The lowest BCUT2D eigenvalue weighted by molar-refractivity contribution is 0.775. The third kappa shape index (κ3) is 2.71. The van der Waals surface area contributed by atoms with Gasteiger partial charge in [0.2, 0.25) is 5.95 Å². The Morgan fingerprint density at radius 3 is 2.83 bits per heavy atom. The van der Waals surface area contributed by atoms with E-state index in [0.717, 1.165) is 35.6 Å². The van der Waals surface area contributed by atoms with Crippen molar-refractivity contribution in [1.82, 2.24) is 19.7 Å². The number of benzene rings is 1. The fourth-order valence-corrected chi connectivity index (χ4v) is 3.18. The van der Waals surface area contributed by atoms with Crippen molar-refractivity contribution < 1.29 is 0 Å². The number of nitrogens with one attached hydrogen (secondary N) is 1. The predicted molar refractivity (Wildman–Crippen MR) is 96.4 cm³/mol. The van der Waals surface area contributed by atoms with E-state index in [4.69, 9.17) is 17.3 Å². The molecule has 0 spiro atoms. The topological polar surface area (TPSA) is 84.9 Å². The minimum absolute atomic E-state index is 0.269. The lowest BCUT2D eigenvalue weighted by atomic mass is 10.3. The fraction of sp³-hybridized carbons (Fsp3) is 0.312. The Labute approximate surface area is 144 Å². The Balaban J connectivity index is 1.50. The number of anilines is 3. The molecule has 1 fully saturated rings. The van der Waals surface area contributed by atoms with Gasteiger partial charge >= 0.3 is 0 Å². The van der Waals surface area contributed by atoms with E-state index in [1.807, 2.05) is 31.3 Å². The van der Waals surface area contributed by atoms with E-state index in [-0.39, 0.29) is 6.04 Å². The van der Waals surface area contributed by atoms with Gasteiger partial charge < -0.3 is 16.0 Å². The molecule has 124 valence electrons. The first kappa shape index (κ1) is 15.0. The molecule has 0 radical (unpaired) electrons. The highest BCUT2D eigenvalue weighted by molar-refractivity contribution is 6.30. The van der Waals surface area contributed by atoms with Crippen LogP contribution in [-0.4, -0.2) is 38.9 Å². The molecule has 3 aromatic rings. The van der Waals surface area contributed by atoms with E-state index in [2.05, 4.69) is 25.3 Å². The molecule has 1 saturated heterocycles. The molecule has 1 aromatic carbocycles. The van der Waals surface area contributed by atoms with Gasteiger partial charge in [0, 0.05) is 36.9 Å². The predicted octanol–water partition coefficient (Wildman–Crippen LogP) is 2.29. The van der Waals surface area contributed by atoms with E-state index in [1.54, 1.807) is 10.9 Å². The largest absolute Gasteiger partial charge is 0.383 e. The normalized spacial score (nSPS) is 17.6. The third-order valence-electron chi connectivity index (χ3n) is 4.33. The van der Waals surface area contributed by atoms with Crippen LogP contribution in [0.5, 0.6) is 0 Å². The first-order valence-electron chi connectivity index (χ1n) is 7.82. The zero-order valence-electron chi connectivity index (χ0n) is 13.3. The monoisotopic (exact) mass is 343 g/mol. The number of nitrogen functional groups attached to an aromatic ring is 1. The molecule has 24 heavy (non-hydrogen) atoms. The molecule has 0 aliphatic carbocycles. The first-order chi connectivity index (χ1) is 11.6. The average Bonchev–Trinajstić information content (AvgIpc) is 3.16. The van der Waals surface area contributed by atoms with Gasteiger partial charge in [-0.15, -0.1) is 0 Å². The van der Waals surface area contributed by atoms with E-state index in [1.165, 1.54) is 5.69 Å². The number of rotatable bonds is 3. The fourth-order valence-electron chi connectivity index (χ4n) is 3.06. The lowest BCUT2D eigenvalue weighted by Gasteiger charge is -2.19. The summed E-state index contributed by atoms with van der Waals surface area (Å²) in [5.74, 6) is 0.995. The second-order valence-corrected chi connectivity index (χ2v) is 6.43. The number of fused-ring (bicyclic) bond motifs is 1. The molecule has 0 bridgehead atoms. The molecule has 1 aliphatic heterocycles. The number of hydrogen-bond acceptors (Lipinski definition) is 6. The van der Waals surface area contributed by atoms with Crippen LogP contribution in [0.3, 0.4) is 0 Å². The Kier molecular flexibility index (Phi) is 3.65. The van der Waals surface area contributed by atoms with Gasteiger partial charge in [-0.1, -0.05) is 11.6 Å². The zero-order chi connectivity index (χ0) is 16.7. The highest BCUT2D eigenvalue weighted by Gasteiger charge is 2.23. The SMILES string of the molecule is Cn1ncc2c(N)nc(N[C@@H]3CCN(c4ccc(Cl)cc4)C3)nc21. The molecule has 3 N–H and O–H groups in total. The highest BCUT2D eigenvalue weighted by Crippen LogP contribution is 2.24. The van der Waals surface area contributed by atoms with Gasteiger partial charge in [-0.05, 0) is 30.7 Å². The van der Waals surface area contributed by atoms with Crippen molar-refractivity contribution in [2.75, 3.05) is 29.0 Å². The molecule has 0 saturated carbocycles. The number of hydrogen-bond donors (Lipinski definition) is 2. The Morgan fingerprint density at radius 2 is 2.04 bits per heavy atom. The van der Waals surface area contributed by atoms with Gasteiger partial charge in [0.1, 0.15) is 5.82 Å². The van der Waals surface area contributed by atoms with Crippen molar-refractivity contribution in [2.24, 2.45) is 7.05 Å². The van der Waals surface area contributed by atoms with Crippen molar-refractivity contribution in [3.63, 3.8) is 0 Å². The summed E-state index contributed by atoms with van der Waals surface area (Å²) < 4.78 is 1.70. The van der Waals surface area contributed by atoms with E-state index in [9.17, 15) is 0 Å². The number of aryl methyl sites for hydroxylation is 1. The summed E-state index contributed by atoms with van der Waals surface area (Å²) in [4.78, 5) is 11.2. The van der Waals surface area contributed by atoms with Gasteiger partial charge in [-0.25, -0.2) is 0 Å². The van der Waals surface area contributed by atoms with Gasteiger partial charge in [0.25, 0.3) is 0 Å². The van der Waals surface area contributed by atoms with Crippen LogP contribution in [0.25, 0.3) is 11.0 Å². The quantitative estimate of drug-likeness (QED) is 0.759. The Hall–Kier alpha value is -2.54. The summed E-state index contributed by atoms with van der Waals surface area (Å²) in [5.41, 5.74) is 7.92. The number of nitrogens with two attached hydrogens (primary N) is 1. The second-order valence-electron chi connectivity index (χ2n) is 5.99. The summed E-state index contributed by atoms with van der Waals surface area (Å²) in [6.07, 6.45) is 2.70. The van der Waals surface area contributed by atoms with Crippen LogP contribution in [0.4, 0.5) is 17.5 Å². The molecule has 0 unspecified atom stereocenters. The van der Waals surface area contributed by atoms with Crippen molar-refractivity contribution in [3.05, 3.63) is 35.5 Å². The summed E-state index contributed by atoms with van der Waals surface area (Å²) in [7, 11) is 1.84. The average molecular weight is 344 g/mol. The molecular formula is C16H18ClN7. The van der Waals surface area contributed by atoms with E-state index >= 15 is 0 Å². The molecule has 8 heteroatoms. The molecule has 1 atom stereocenters. The highest BCUT2D eigenvalue weighted by atomic mass is 35.5. The summed E-state index contributed by atoms with van der Waals surface area (Å²) in [5, 5.41) is 9.09. The van der Waals surface area contributed by atoms with Crippen LogP contribution in [0.2, 0.25) is 5.02 Å². The first-order valence-corrected chi connectivity index (χ1v) is 8.20. The molecule has 1 aliphatic rings. The van der Waals surface area contributed by atoms with Crippen molar-refractivity contribution >= 4 is 40.1 Å². The minimum atomic E-state index is 0.269. The maximum Gasteiger partial charge on any atom is 0.226 e. The van der Waals surface area contributed by atoms with Crippen LogP contribution >= 0.6 is 11.6 Å². The van der Waals surface area contributed by atoms with Gasteiger partial charge in [-0.2, -0.15) is 15.1 Å². The van der Waals surface area contributed by atoms with E-state index < -0.39 is 0 Å². The number of halogens is 1. The number of nitrogens with zero attached hydrogens (tertiary/aromatic N) is 5. The summed E-state index contributed by atoms with van der Waals surface area (Å²) in [6, 6.07) is 8.18. The van der Waals surface area contributed by atoms with Crippen molar-refractivity contribution in [3.8, 4) is 0 Å². The smallest absolute Gasteiger partial charge is 0.226 e. The molecule has 2 aromatic heterocycles. The molecule has 4 rings (SSSR count). The second kappa shape index (κ2) is 5.83. The van der Waals surface area contributed by atoms with Crippen molar-refractivity contribution in [2.45, 2.75) is 12.5 Å². The summed E-state index contributed by atoms with van der Waals surface area (Å²) >= 11 is 5.95. The number of aromatic nitrogens is 4. The van der Waals surface area contributed by atoms with Crippen LogP contribution < -0.4 is 16.0 Å². The standard InChI is InChI=1S/C16H18ClN7/c1-23-15-13(8-19-23)14(18)21-16(22-15)20-11-6-7-24(9-11)12-4-2-10(17)3-5-12/h2-5,8,11H,6-7,9H2,1H3,(H3,18,20,21,22)/t11-/m1/s1. The van der Waals surface area contributed by atoms with Gasteiger partial charge in [0.15, 0.2) is 5.65 Å². The molecular weight excluding hydrogens is 326 g/mol. The molecule has 7 nitrogen and oxygen atoms in total. The zero-order valence-corrected chi connectivity index (χ0v) is 14.0. The van der Waals surface area contributed by atoms with Gasteiger partial charge in [-0.3, -0.25) is 4.68 Å². The van der Waals surface area contributed by atoms with E-state index in [0.29, 0.717) is 11.8 Å². The Morgan fingerprint density at radius 1 is 1.25 bits per heavy atom. The van der Waals surface area contributed by atoms with Crippen LogP contribution in [-0.2, 0) is 7.05 Å². The Bertz CT molecular complexity index is 874. The van der Waals surface area contributed by atoms with Crippen LogP contribution in [0.15, 0.2) is 30.5 Å².